The summed E-state index contributed by atoms with van der Waals surface area (Å²) in [4.78, 5) is 32.1. The SMILES string of the molecule is O=C(NCC1CCCCN1CCn1nc2c(cc1=O)COCC2)c1nccc2ccccc12. The van der Waals surface area contributed by atoms with Gasteiger partial charge in [-0.2, -0.15) is 5.10 Å². The first kappa shape index (κ1) is 21.7. The molecule has 0 aliphatic carbocycles. The number of rotatable bonds is 6. The number of pyridine rings is 1. The second-order valence-corrected chi connectivity index (χ2v) is 8.76. The average Bonchev–Trinajstić information content (AvgIpc) is 2.86. The summed E-state index contributed by atoms with van der Waals surface area (Å²) in [5, 5.41) is 9.55. The van der Waals surface area contributed by atoms with Crippen LogP contribution >= 0.6 is 0 Å². The summed E-state index contributed by atoms with van der Waals surface area (Å²) in [6.07, 6.45) is 5.71. The Labute approximate surface area is 192 Å². The molecule has 1 atom stereocenters. The van der Waals surface area contributed by atoms with E-state index in [0.717, 1.165) is 60.8 Å². The van der Waals surface area contributed by atoms with Crippen molar-refractivity contribution in [3.8, 4) is 0 Å². The predicted molar refractivity (Wildman–Crippen MR) is 125 cm³/mol. The number of aromatic nitrogens is 3. The lowest BCUT2D eigenvalue weighted by atomic mass is 10.0. The Hall–Kier alpha value is -3.10. The third-order valence-electron chi connectivity index (χ3n) is 6.64. The smallest absolute Gasteiger partial charge is 0.270 e. The second kappa shape index (κ2) is 9.80. The summed E-state index contributed by atoms with van der Waals surface area (Å²) in [7, 11) is 0. The molecule has 0 spiro atoms. The van der Waals surface area contributed by atoms with Gasteiger partial charge in [-0.25, -0.2) is 4.68 Å². The number of carbonyl (C=O) groups excluding carboxylic acids is 1. The van der Waals surface area contributed by atoms with Gasteiger partial charge in [-0.15, -0.1) is 0 Å². The van der Waals surface area contributed by atoms with Crippen LogP contribution in [0.3, 0.4) is 0 Å². The summed E-state index contributed by atoms with van der Waals surface area (Å²) in [5.41, 5.74) is 2.25. The molecule has 3 aromatic rings. The molecule has 1 N–H and O–H groups in total. The number of ether oxygens (including phenoxy) is 1. The van der Waals surface area contributed by atoms with Crippen LogP contribution in [0.2, 0.25) is 0 Å². The molecule has 1 amide bonds. The fourth-order valence-corrected chi connectivity index (χ4v) is 4.82. The molecule has 0 saturated carbocycles. The molecule has 4 heterocycles. The monoisotopic (exact) mass is 447 g/mol. The van der Waals surface area contributed by atoms with Crippen molar-refractivity contribution < 1.29 is 9.53 Å². The lowest BCUT2D eigenvalue weighted by Crippen LogP contribution is -2.48. The highest BCUT2D eigenvalue weighted by atomic mass is 16.5. The zero-order valence-corrected chi connectivity index (χ0v) is 18.7. The third-order valence-corrected chi connectivity index (χ3v) is 6.64. The van der Waals surface area contributed by atoms with Crippen LogP contribution in [0.1, 0.15) is 41.0 Å². The molecular weight excluding hydrogens is 418 g/mol. The summed E-state index contributed by atoms with van der Waals surface area (Å²) in [6, 6.07) is 11.6. The number of piperidine rings is 1. The summed E-state index contributed by atoms with van der Waals surface area (Å²) >= 11 is 0. The predicted octanol–water partition coefficient (Wildman–Crippen LogP) is 2.15. The van der Waals surface area contributed by atoms with Gasteiger partial charge in [0.05, 0.1) is 25.5 Å². The third kappa shape index (κ3) is 4.82. The second-order valence-electron chi connectivity index (χ2n) is 8.76. The van der Waals surface area contributed by atoms with Crippen LogP contribution in [0, 0.1) is 0 Å². The summed E-state index contributed by atoms with van der Waals surface area (Å²) in [5.74, 6) is -0.146. The van der Waals surface area contributed by atoms with E-state index in [1.165, 1.54) is 0 Å². The van der Waals surface area contributed by atoms with Crippen LogP contribution in [-0.4, -0.2) is 57.9 Å². The Morgan fingerprint density at radius 2 is 2.09 bits per heavy atom. The van der Waals surface area contributed by atoms with Gasteiger partial charge in [-0.1, -0.05) is 30.7 Å². The zero-order valence-electron chi connectivity index (χ0n) is 18.7. The van der Waals surface area contributed by atoms with Crippen LogP contribution in [-0.2, 0) is 24.3 Å². The topological polar surface area (TPSA) is 89.4 Å². The minimum atomic E-state index is -0.146. The number of hydrogen-bond donors (Lipinski definition) is 1. The van der Waals surface area contributed by atoms with Crippen molar-refractivity contribution in [1.82, 2.24) is 25.0 Å². The average molecular weight is 448 g/mol. The largest absolute Gasteiger partial charge is 0.376 e. The van der Waals surface area contributed by atoms with E-state index in [9.17, 15) is 9.59 Å². The van der Waals surface area contributed by atoms with E-state index in [2.05, 4.69) is 20.3 Å². The number of nitrogens with one attached hydrogen (secondary N) is 1. The van der Waals surface area contributed by atoms with E-state index in [1.807, 2.05) is 30.3 Å². The molecular formula is C25H29N5O3. The molecule has 0 radical (unpaired) electrons. The Kier molecular flexibility index (Phi) is 6.46. The molecule has 5 rings (SSSR count). The normalized spacial score (nSPS) is 18.7. The van der Waals surface area contributed by atoms with Crippen LogP contribution < -0.4 is 10.9 Å². The summed E-state index contributed by atoms with van der Waals surface area (Å²) < 4.78 is 7.00. The van der Waals surface area contributed by atoms with Gasteiger partial charge >= 0.3 is 0 Å². The standard InChI is InChI=1S/C25H29N5O3/c31-23-15-19-17-33-14-9-22(19)28-30(23)13-12-29-11-4-3-6-20(29)16-27-25(32)24-21-7-2-1-5-18(21)8-10-26-24/h1-2,5,7-8,10,15,20H,3-4,6,9,11-14,16-17H2,(H,27,32). The Balaban J connectivity index is 1.23. The number of hydrogen-bond acceptors (Lipinski definition) is 6. The summed E-state index contributed by atoms with van der Waals surface area (Å²) in [6.45, 7) is 3.92. The molecule has 1 fully saturated rings. The van der Waals surface area contributed by atoms with Gasteiger partial charge in [0.2, 0.25) is 0 Å². The van der Waals surface area contributed by atoms with Gasteiger partial charge in [0, 0.05) is 48.8 Å². The lowest BCUT2D eigenvalue weighted by molar-refractivity contribution is 0.0904. The number of fused-ring (bicyclic) bond motifs is 2. The highest BCUT2D eigenvalue weighted by Gasteiger charge is 2.24. The van der Waals surface area contributed by atoms with Crippen molar-refractivity contribution in [3.05, 3.63) is 69.9 Å². The first-order valence-electron chi connectivity index (χ1n) is 11.7. The van der Waals surface area contributed by atoms with Crippen molar-refractivity contribution in [2.24, 2.45) is 0 Å². The van der Waals surface area contributed by atoms with Crippen molar-refractivity contribution in [2.45, 2.75) is 44.9 Å². The van der Waals surface area contributed by atoms with Gasteiger partial charge in [-0.3, -0.25) is 19.5 Å². The number of likely N-dealkylation sites (tertiary alicyclic amines) is 1. The molecule has 2 aliphatic rings. The fraction of sp³-hybridized carbons (Fsp3) is 0.440. The fourth-order valence-electron chi connectivity index (χ4n) is 4.82. The molecule has 8 heteroatoms. The molecule has 1 unspecified atom stereocenters. The van der Waals surface area contributed by atoms with Gasteiger partial charge in [0.25, 0.3) is 11.5 Å². The van der Waals surface area contributed by atoms with Crippen molar-refractivity contribution >= 4 is 16.7 Å². The van der Waals surface area contributed by atoms with Gasteiger partial charge < -0.3 is 10.1 Å². The molecule has 0 bridgehead atoms. The van der Waals surface area contributed by atoms with E-state index in [1.54, 1.807) is 16.9 Å². The molecule has 2 aromatic heterocycles. The lowest BCUT2D eigenvalue weighted by Gasteiger charge is -2.35. The maximum atomic E-state index is 12.9. The number of amides is 1. The van der Waals surface area contributed by atoms with Crippen molar-refractivity contribution in [2.75, 3.05) is 26.2 Å². The van der Waals surface area contributed by atoms with Crippen LogP contribution in [0.5, 0.6) is 0 Å². The molecule has 33 heavy (non-hydrogen) atoms. The van der Waals surface area contributed by atoms with Gasteiger partial charge in [0.1, 0.15) is 5.69 Å². The van der Waals surface area contributed by atoms with Crippen LogP contribution in [0.25, 0.3) is 10.8 Å². The molecule has 2 aliphatic heterocycles. The zero-order chi connectivity index (χ0) is 22.6. The first-order chi connectivity index (χ1) is 16.2. The van der Waals surface area contributed by atoms with E-state index in [0.29, 0.717) is 32.0 Å². The molecule has 8 nitrogen and oxygen atoms in total. The van der Waals surface area contributed by atoms with Gasteiger partial charge in [0.15, 0.2) is 0 Å². The molecule has 1 aromatic carbocycles. The molecule has 172 valence electrons. The Morgan fingerprint density at radius 1 is 1.18 bits per heavy atom. The first-order valence-corrected chi connectivity index (χ1v) is 11.7. The minimum Gasteiger partial charge on any atom is -0.376 e. The van der Waals surface area contributed by atoms with Gasteiger partial charge in [-0.05, 0) is 30.8 Å². The maximum Gasteiger partial charge on any atom is 0.270 e. The Bertz CT molecular complexity index is 1200. The van der Waals surface area contributed by atoms with E-state index in [4.69, 9.17) is 4.74 Å². The molecule has 1 saturated heterocycles. The minimum absolute atomic E-state index is 0.0804. The Morgan fingerprint density at radius 3 is 3.03 bits per heavy atom. The highest BCUT2D eigenvalue weighted by molar-refractivity contribution is 6.05. The quantitative estimate of drug-likeness (QED) is 0.623. The van der Waals surface area contributed by atoms with Crippen LogP contribution in [0.15, 0.2) is 47.4 Å². The van der Waals surface area contributed by atoms with Crippen molar-refractivity contribution in [1.29, 1.82) is 0 Å². The van der Waals surface area contributed by atoms with Crippen LogP contribution in [0.4, 0.5) is 0 Å². The highest BCUT2D eigenvalue weighted by Crippen LogP contribution is 2.19. The maximum absolute atomic E-state index is 12.9. The number of carbonyl (C=O) groups is 1. The van der Waals surface area contributed by atoms with E-state index < -0.39 is 0 Å². The van der Waals surface area contributed by atoms with E-state index >= 15 is 0 Å². The number of benzene rings is 1. The van der Waals surface area contributed by atoms with Crippen molar-refractivity contribution in [3.63, 3.8) is 0 Å². The number of nitrogens with zero attached hydrogens (tertiary/aromatic N) is 4. The van der Waals surface area contributed by atoms with E-state index in [-0.39, 0.29) is 17.5 Å².